The number of benzene rings is 1. The minimum Gasteiger partial charge on any atom is -0.507 e. The van der Waals surface area contributed by atoms with Crippen LogP contribution in [0.5, 0.6) is 5.75 Å². The summed E-state index contributed by atoms with van der Waals surface area (Å²) < 4.78 is 4.64. The molecule has 0 saturated carbocycles. The lowest BCUT2D eigenvalue weighted by atomic mass is 9.59. The van der Waals surface area contributed by atoms with E-state index < -0.39 is 41.6 Å². The summed E-state index contributed by atoms with van der Waals surface area (Å²) in [4.78, 5) is 65.2. The zero-order valence-corrected chi connectivity index (χ0v) is 19.0. The van der Waals surface area contributed by atoms with Crippen molar-refractivity contribution in [2.75, 3.05) is 7.11 Å². The highest BCUT2D eigenvalue weighted by Crippen LogP contribution is 2.56. The zero-order chi connectivity index (χ0) is 24.5. The first-order chi connectivity index (χ1) is 16.2. The number of hydrogen-bond acceptors (Lipinski definition) is 7. The molecule has 1 aromatic carbocycles. The van der Waals surface area contributed by atoms with Gasteiger partial charge in [0.25, 0.3) is 0 Å². The SMILES string of the molecule is COC(=O)N1C(=O)C2CC=C3C(c4cccc(C)c4O)C4=C(CC3C2C1=O)C(=O)C=C(C)C4=O. The van der Waals surface area contributed by atoms with Gasteiger partial charge in [0.05, 0.1) is 18.9 Å². The fourth-order valence-corrected chi connectivity index (χ4v) is 5.90. The summed E-state index contributed by atoms with van der Waals surface area (Å²) in [6, 6.07) is 5.22. The summed E-state index contributed by atoms with van der Waals surface area (Å²) >= 11 is 0. The van der Waals surface area contributed by atoms with Gasteiger partial charge in [-0.1, -0.05) is 29.8 Å². The second-order valence-corrected chi connectivity index (χ2v) is 9.22. The molecule has 4 aliphatic rings. The Kier molecular flexibility index (Phi) is 4.93. The highest BCUT2D eigenvalue weighted by Gasteiger charge is 2.58. The number of phenolic OH excluding ortho intramolecular Hbond substituents is 1. The van der Waals surface area contributed by atoms with E-state index in [1.165, 1.54) is 6.08 Å². The summed E-state index contributed by atoms with van der Waals surface area (Å²) in [7, 11) is 1.10. The first kappa shape index (κ1) is 22.0. The van der Waals surface area contributed by atoms with Crippen LogP contribution >= 0.6 is 0 Å². The fraction of sp³-hybridized carbons (Fsp3) is 0.346. The Morgan fingerprint density at radius 1 is 1.09 bits per heavy atom. The van der Waals surface area contributed by atoms with E-state index in [2.05, 4.69) is 4.74 Å². The van der Waals surface area contributed by atoms with Crippen molar-refractivity contribution in [1.82, 2.24) is 4.90 Å². The van der Waals surface area contributed by atoms with Crippen molar-refractivity contribution in [1.29, 1.82) is 0 Å². The highest BCUT2D eigenvalue weighted by molar-refractivity contribution is 6.24. The minimum atomic E-state index is -1.03. The summed E-state index contributed by atoms with van der Waals surface area (Å²) in [5.74, 6) is -4.75. The number of allylic oxidation sites excluding steroid dienone is 6. The molecule has 1 N–H and O–H groups in total. The van der Waals surface area contributed by atoms with Crippen molar-refractivity contribution in [2.24, 2.45) is 17.8 Å². The van der Waals surface area contributed by atoms with Gasteiger partial charge in [-0.15, -0.1) is 0 Å². The molecule has 4 atom stereocenters. The Morgan fingerprint density at radius 2 is 1.82 bits per heavy atom. The quantitative estimate of drug-likeness (QED) is 0.388. The van der Waals surface area contributed by atoms with E-state index in [1.54, 1.807) is 32.0 Å². The van der Waals surface area contributed by atoms with E-state index in [4.69, 9.17) is 0 Å². The third-order valence-electron chi connectivity index (χ3n) is 7.50. The number of imide groups is 3. The van der Waals surface area contributed by atoms with E-state index in [0.29, 0.717) is 38.3 Å². The standard InChI is InChI=1S/C26H23NO7/c1-11-5-4-6-14(22(11)29)19-13-7-8-15-20(25(32)27(24(15)31)26(33)34-3)16(13)10-17-18(28)9-12(2)23(30)21(17)19/h4-7,9,15-16,19-20,29H,8,10H2,1-3H3. The largest absolute Gasteiger partial charge is 0.507 e. The zero-order valence-electron chi connectivity index (χ0n) is 19.0. The van der Waals surface area contributed by atoms with Crippen molar-refractivity contribution in [2.45, 2.75) is 32.6 Å². The Bertz CT molecular complexity index is 1300. The van der Waals surface area contributed by atoms with E-state index in [-0.39, 0.29) is 30.2 Å². The Hall–Kier alpha value is -3.81. The summed E-state index contributed by atoms with van der Waals surface area (Å²) in [6.07, 6.45) is 2.41. The maximum Gasteiger partial charge on any atom is 0.423 e. The topological polar surface area (TPSA) is 118 Å². The number of likely N-dealkylation sites (tertiary alicyclic amines) is 1. The van der Waals surface area contributed by atoms with Crippen LogP contribution in [0.25, 0.3) is 0 Å². The number of Topliss-reactive ketones (excluding diaryl/α,β-unsaturated/α-hetero) is 1. The third-order valence-corrected chi connectivity index (χ3v) is 7.50. The van der Waals surface area contributed by atoms with Crippen LogP contribution < -0.4 is 0 Å². The van der Waals surface area contributed by atoms with Crippen molar-refractivity contribution in [3.05, 3.63) is 63.8 Å². The monoisotopic (exact) mass is 461 g/mol. The Morgan fingerprint density at radius 3 is 2.53 bits per heavy atom. The van der Waals surface area contributed by atoms with Gasteiger partial charge >= 0.3 is 6.09 Å². The molecule has 1 aliphatic heterocycles. The van der Waals surface area contributed by atoms with Gasteiger partial charge in [0.2, 0.25) is 11.8 Å². The molecular formula is C26H23NO7. The molecule has 1 heterocycles. The van der Waals surface area contributed by atoms with Crippen molar-refractivity contribution < 1.29 is 33.8 Å². The Balaban J connectivity index is 1.70. The first-order valence-corrected chi connectivity index (χ1v) is 11.1. The predicted molar refractivity (Wildman–Crippen MR) is 118 cm³/mol. The number of rotatable bonds is 1. The molecule has 34 heavy (non-hydrogen) atoms. The number of amides is 3. The van der Waals surface area contributed by atoms with E-state index in [1.807, 2.05) is 6.08 Å². The van der Waals surface area contributed by atoms with E-state index in [9.17, 15) is 29.1 Å². The minimum absolute atomic E-state index is 0.0143. The molecule has 1 saturated heterocycles. The molecule has 0 aromatic heterocycles. The maximum atomic E-state index is 13.3. The fourth-order valence-electron chi connectivity index (χ4n) is 5.90. The molecule has 3 aliphatic carbocycles. The van der Waals surface area contributed by atoms with Crippen LogP contribution in [-0.4, -0.2) is 46.6 Å². The van der Waals surface area contributed by atoms with Crippen LogP contribution in [0.15, 0.2) is 52.6 Å². The lowest BCUT2D eigenvalue weighted by Gasteiger charge is -2.42. The normalized spacial score (nSPS) is 28.3. The maximum absolute atomic E-state index is 13.3. The third kappa shape index (κ3) is 2.87. The number of methoxy groups -OCH3 is 1. The van der Waals surface area contributed by atoms with Crippen LogP contribution in [0.3, 0.4) is 0 Å². The van der Waals surface area contributed by atoms with Gasteiger partial charge < -0.3 is 9.84 Å². The predicted octanol–water partition coefficient (Wildman–Crippen LogP) is 2.90. The number of aromatic hydroxyl groups is 1. The number of nitrogens with zero attached hydrogens (tertiary/aromatic N) is 1. The van der Waals surface area contributed by atoms with Crippen molar-refractivity contribution in [3.8, 4) is 5.75 Å². The molecule has 0 bridgehead atoms. The van der Waals surface area contributed by atoms with Crippen LogP contribution in [0.2, 0.25) is 0 Å². The lowest BCUT2D eigenvalue weighted by Crippen LogP contribution is -2.40. The number of aryl methyl sites for hydroxylation is 1. The van der Waals surface area contributed by atoms with Crippen LogP contribution in [0, 0.1) is 24.7 Å². The van der Waals surface area contributed by atoms with Crippen LogP contribution in [0.4, 0.5) is 4.79 Å². The number of carbonyl (C=O) groups excluding carboxylic acids is 5. The molecule has 174 valence electrons. The molecule has 0 spiro atoms. The molecule has 8 heteroatoms. The van der Waals surface area contributed by atoms with Crippen LogP contribution in [-0.2, 0) is 23.9 Å². The van der Waals surface area contributed by atoms with E-state index >= 15 is 0 Å². The molecule has 3 amide bonds. The van der Waals surface area contributed by atoms with Gasteiger partial charge in [-0.25, -0.2) is 4.79 Å². The number of fused-ring (bicyclic) bond motifs is 3. The number of ketones is 2. The average Bonchev–Trinajstić information content (AvgIpc) is 3.07. The number of hydrogen-bond donors (Lipinski definition) is 1. The number of ether oxygens (including phenoxy) is 1. The highest BCUT2D eigenvalue weighted by atomic mass is 16.5. The smallest absolute Gasteiger partial charge is 0.423 e. The molecule has 4 unspecified atom stereocenters. The van der Waals surface area contributed by atoms with Gasteiger partial charge in [-0.05, 0) is 44.2 Å². The molecule has 1 fully saturated rings. The number of para-hydroxylation sites is 1. The second kappa shape index (κ2) is 7.62. The summed E-state index contributed by atoms with van der Waals surface area (Å²) in [5, 5.41) is 10.9. The Labute approximate surface area is 195 Å². The van der Waals surface area contributed by atoms with Gasteiger partial charge in [-0.3, -0.25) is 19.2 Å². The van der Waals surface area contributed by atoms with E-state index in [0.717, 1.165) is 7.11 Å². The summed E-state index contributed by atoms with van der Waals surface area (Å²) in [5.41, 5.74) is 2.72. The van der Waals surface area contributed by atoms with Gasteiger partial charge in [0.1, 0.15) is 5.75 Å². The second-order valence-electron chi connectivity index (χ2n) is 9.22. The molecular weight excluding hydrogens is 438 g/mol. The van der Waals surface area contributed by atoms with Gasteiger partial charge in [-0.2, -0.15) is 4.90 Å². The van der Waals surface area contributed by atoms with Crippen LogP contribution in [0.1, 0.15) is 36.8 Å². The molecule has 8 nitrogen and oxygen atoms in total. The number of phenols is 1. The first-order valence-electron chi connectivity index (χ1n) is 11.1. The van der Waals surface area contributed by atoms with Crippen molar-refractivity contribution in [3.63, 3.8) is 0 Å². The molecule has 1 aromatic rings. The average molecular weight is 461 g/mol. The molecule has 5 rings (SSSR count). The van der Waals surface area contributed by atoms with Gasteiger partial charge in [0.15, 0.2) is 11.6 Å². The van der Waals surface area contributed by atoms with Gasteiger partial charge in [0, 0.05) is 28.2 Å². The molecule has 0 radical (unpaired) electrons. The summed E-state index contributed by atoms with van der Waals surface area (Å²) in [6.45, 7) is 3.33. The number of carbonyl (C=O) groups is 5. The van der Waals surface area contributed by atoms with Crippen molar-refractivity contribution >= 4 is 29.5 Å². The lowest BCUT2D eigenvalue weighted by molar-refractivity contribution is -0.137.